The molecule has 0 amide bonds. The van der Waals surface area contributed by atoms with Crippen LogP contribution in [0.2, 0.25) is 0 Å². The van der Waals surface area contributed by atoms with Crippen molar-refractivity contribution in [2.75, 3.05) is 20.3 Å². The largest absolute Gasteiger partial charge is 0.486 e. The van der Waals surface area contributed by atoms with Gasteiger partial charge in [-0.1, -0.05) is 34.4 Å². The molecule has 0 radical (unpaired) electrons. The first-order chi connectivity index (χ1) is 15.2. The van der Waals surface area contributed by atoms with Crippen LogP contribution in [-0.2, 0) is 4.74 Å². The maximum Gasteiger partial charge on any atom is 0.337 e. The number of ether oxygens (including phenoxy) is 3. The Morgan fingerprint density at radius 1 is 0.750 bits per heavy atom. The highest BCUT2D eigenvalue weighted by Gasteiger charge is 2.12. The van der Waals surface area contributed by atoms with Gasteiger partial charge in [0.2, 0.25) is 0 Å². The van der Waals surface area contributed by atoms with Gasteiger partial charge in [-0.2, -0.15) is 0 Å². The molecule has 0 bridgehead atoms. The van der Waals surface area contributed by atoms with E-state index in [0.29, 0.717) is 30.3 Å². The molecule has 0 aliphatic heterocycles. The van der Waals surface area contributed by atoms with Crippen molar-refractivity contribution in [1.29, 1.82) is 0 Å². The molecule has 0 aliphatic rings. The SMILES string of the molecule is COC(=O)c1ccc(OC/C=C(\C)CCC=C(C)C)c(OC/C=C(\C)CCC=C(C)C)c1. The second kappa shape index (κ2) is 15.1. The van der Waals surface area contributed by atoms with Crippen LogP contribution in [0.3, 0.4) is 0 Å². The molecule has 4 heteroatoms. The number of allylic oxidation sites excluding steroid dienone is 6. The van der Waals surface area contributed by atoms with Gasteiger partial charge in [-0.05, 0) is 97.6 Å². The van der Waals surface area contributed by atoms with E-state index >= 15 is 0 Å². The second-order valence-corrected chi connectivity index (χ2v) is 8.52. The first-order valence-corrected chi connectivity index (χ1v) is 11.3. The highest BCUT2D eigenvalue weighted by atomic mass is 16.5. The number of benzene rings is 1. The van der Waals surface area contributed by atoms with Crippen molar-refractivity contribution in [3.63, 3.8) is 0 Å². The van der Waals surface area contributed by atoms with Gasteiger partial charge in [-0.25, -0.2) is 4.79 Å². The Labute approximate surface area is 194 Å². The van der Waals surface area contributed by atoms with Gasteiger partial charge in [0.05, 0.1) is 12.7 Å². The predicted octanol–water partition coefficient (Wildman–Crippen LogP) is 7.62. The first-order valence-electron chi connectivity index (χ1n) is 11.3. The smallest absolute Gasteiger partial charge is 0.337 e. The molecule has 0 atom stereocenters. The van der Waals surface area contributed by atoms with E-state index in [2.05, 4.69) is 65.8 Å². The molecule has 0 saturated heterocycles. The molecule has 0 spiro atoms. The average molecular weight is 441 g/mol. The van der Waals surface area contributed by atoms with E-state index in [1.165, 1.54) is 29.4 Å². The maximum atomic E-state index is 11.9. The van der Waals surface area contributed by atoms with Gasteiger partial charge in [-0.3, -0.25) is 0 Å². The molecule has 0 fully saturated rings. The quantitative estimate of drug-likeness (QED) is 0.234. The van der Waals surface area contributed by atoms with Crippen molar-refractivity contribution in [3.05, 3.63) is 70.4 Å². The molecule has 0 N–H and O–H groups in total. The lowest BCUT2D eigenvalue weighted by molar-refractivity contribution is 0.0600. The summed E-state index contributed by atoms with van der Waals surface area (Å²) in [7, 11) is 1.37. The lowest BCUT2D eigenvalue weighted by atomic mass is 10.1. The summed E-state index contributed by atoms with van der Waals surface area (Å²) in [6.07, 6.45) is 12.7. The van der Waals surface area contributed by atoms with Crippen LogP contribution in [0.1, 0.15) is 77.6 Å². The third-order valence-electron chi connectivity index (χ3n) is 4.89. The van der Waals surface area contributed by atoms with Crippen LogP contribution < -0.4 is 9.47 Å². The molecule has 1 aromatic carbocycles. The zero-order valence-electron chi connectivity index (χ0n) is 20.9. The van der Waals surface area contributed by atoms with E-state index in [1.54, 1.807) is 18.2 Å². The fourth-order valence-electron chi connectivity index (χ4n) is 2.91. The Bertz CT molecular complexity index is 848. The number of carbonyl (C=O) groups is 1. The molecule has 0 heterocycles. The molecule has 1 rings (SSSR count). The van der Waals surface area contributed by atoms with E-state index in [-0.39, 0.29) is 0 Å². The number of esters is 1. The zero-order chi connectivity index (χ0) is 23.9. The third-order valence-corrected chi connectivity index (χ3v) is 4.89. The van der Waals surface area contributed by atoms with Gasteiger partial charge in [0.1, 0.15) is 13.2 Å². The maximum absolute atomic E-state index is 11.9. The Morgan fingerprint density at radius 3 is 1.72 bits per heavy atom. The van der Waals surface area contributed by atoms with Crippen LogP contribution >= 0.6 is 0 Å². The van der Waals surface area contributed by atoms with E-state index in [9.17, 15) is 4.79 Å². The van der Waals surface area contributed by atoms with Crippen LogP contribution in [-0.4, -0.2) is 26.3 Å². The fraction of sp³-hybridized carbons (Fsp3) is 0.464. The van der Waals surface area contributed by atoms with Gasteiger partial charge in [0, 0.05) is 0 Å². The Morgan fingerprint density at radius 2 is 1.25 bits per heavy atom. The van der Waals surface area contributed by atoms with E-state index in [4.69, 9.17) is 14.2 Å². The highest BCUT2D eigenvalue weighted by Crippen LogP contribution is 2.29. The molecule has 32 heavy (non-hydrogen) atoms. The molecule has 0 unspecified atom stereocenters. The monoisotopic (exact) mass is 440 g/mol. The summed E-state index contributed by atoms with van der Waals surface area (Å²) in [5, 5.41) is 0. The van der Waals surface area contributed by atoms with Crippen molar-refractivity contribution < 1.29 is 19.0 Å². The molecule has 0 aliphatic carbocycles. The third kappa shape index (κ3) is 11.6. The summed E-state index contributed by atoms with van der Waals surface area (Å²) in [6, 6.07) is 5.14. The Hall–Kier alpha value is -2.75. The van der Waals surface area contributed by atoms with Crippen LogP contribution in [0, 0.1) is 0 Å². The summed E-state index contributed by atoms with van der Waals surface area (Å²) < 4.78 is 16.8. The number of hydrogen-bond donors (Lipinski definition) is 0. The van der Waals surface area contributed by atoms with Crippen LogP contribution in [0.4, 0.5) is 0 Å². The van der Waals surface area contributed by atoms with Crippen LogP contribution in [0.15, 0.2) is 64.8 Å². The van der Waals surface area contributed by atoms with Crippen LogP contribution in [0.25, 0.3) is 0 Å². The van der Waals surface area contributed by atoms with Crippen molar-refractivity contribution >= 4 is 5.97 Å². The van der Waals surface area contributed by atoms with Gasteiger partial charge in [0.15, 0.2) is 11.5 Å². The molecule has 176 valence electrons. The summed E-state index contributed by atoms with van der Waals surface area (Å²) in [6.45, 7) is 13.5. The number of rotatable bonds is 13. The van der Waals surface area contributed by atoms with Gasteiger partial charge < -0.3 is 14.2 Å². The minimum atomic E-state index is -0.398. The Balaban J connectivity index is 2.80. The van der Waals surface area contributed by atoms with Crippen LogP contribution in [0.5, 0.6) is 11.5 Å². The Kier molecular flexibility index (Phi) is 12.9. The van der Waals surface area contributed by atoms with Gasteiger partial charge in [-0.15, -0.1) is 0 Å². The van der Waals surface area contributed by atoms with Gasteiger partial charge in [0.25, 0.3) is 0 Å². The average Bonchev–Trinajstić information content (AvgIpc) is 2.73. The van der Waals surface area contributed by atoms with E-state index in [1.807, 2.05) is 0 Å². The predicted molar refractivity (Wildman–Crippen MR) is 134 cm³/mol. The summed E-state index contributed by atoms with van der Waals surface area (Å²) >= 11 is 0. The van der Waals surface area contributed by atoms with Crippen molar-refractivity contribution in [1.82, 2.24) is 0 Å². The summed E-state index contributed by atoms with van der Waals surface area (Å²) in [5.74, 6) is 0.753. The lowest BCUT2D eigenvalue weighted by Gasteiger charge is -2.13. The van der Waals surface area contributed by atoms with Crippen molar-refractivity contribution in [3.8, 4) is 11.5 Å². The first kappa shape index (κ1) is 27.3. The normalized spacial score (nSPS) is 11.6. The molecule has 4 nitrogen and oxygen atoms in total. The number of carbonyl (C=O) groups excluding carboxylic acids is 1. The zero-order valence-corrected chi connectivity index (χ0v) is 20.9. The lowest BCUT2D eigenvalue weighted by Crippen LogP contribution is -2.05. The molecule has 1 aromatic rings. The molecular formula is C28H40O4. The standard InChI is InChI=1S/C28H40O4/c1-21(2)10-8-12-23(5)16-18-31-26-15-14-25(28(29)30-7)20-27(26)32-19-17-24(6)13-9-11-22(3)4/h10-11,14-17,20H,8-9,12-13,18-19H2,1-7H3/b23-16+,24-17+. The topological polar surface area (TPSA) is 44.8 Å². The number of hydrogen-bond acceptors (Lipinski definition) is 4. The van der Waals surface area contributed by atoms with E-state index in [0.717, 1.165) is 25.7 Å². The molecule has 0 aromatic heterocycles. The number of methoxy groups -OCH3 is 1. The molecular weight excluding hydrogens is 400 g/mol. The van der Waals surface area contributed by atoms with Crippen molar-refractivity contribution in [2.45, 2.75) is 67.2 Å². The fourth-order valence-corrected chi connectivity index (χ4v) is 2.91. The van der Waals surface area contributed by atoms with E-state index < -0.39 is 5.97 Å². The molecule has 0 saturated carbocycles. The minimum absolute atomic E-state index is 0.398. The summed E-state index contributed by atoms with van der Waals surface area (Å²) in [4.78, 5) is 11.9. The van der Waals surface area contributed by atoms with Crippen molar-refractivity contribution in [2.24, 2.45) is 0 Å². The summed E-state index contributed by atoms with van der Waals surface area (Å²) in [5.41, 5.74) is 5.65. The highest BCUT2D eigenvalue weighted by molar-refractivity contribution is 5.90. The second-order valence-electron chi connectivity index (χ2n) is 8.52. The minimum Gasteiger partial charge on any atom is -0.486 e. The van der Waals surface area contributed by atoms with Gasteiger partial charge >= 0.3 is 5.97 Å².